The molecule has 0 saturated heterocycles. The lowest BCUT2D eigenvalue weighted by atomic mass is 10.1. The first-order valence-electron chi connectivity index (χ1n) is 9.82. The van der Waals surface area contributed by atoms with Gasteiger partial charge in [-0.25, -0.2) is 13.3 Å². The number of amides is 1. The zero-order valence-electron chi connectivity index (χ0n) is 16.6. The van der Waals surface area contributed by atoms with Gasteiger partial charge in [0.2, 0.25) is 0 Å². The maximum absolute atomic E-state index is 13.5. The van der Waals surface area contributed by atoms with Gasteiger partial charge in [-0.05, 0) is 42.0 Å². The molecule has 5 rings (SSSR count). The van der Waals surface area contributed by atoms with Crippen LogP contribution in [0.15, 0.2) is 83.8 Å². The van der Waals surface area contributed by atoms with Crippen LogP contribution >= 0.6 is 0 Å². The molecule has 0 radical (unpaired) electrons. The molecule has 0 aliphatic carbocycles. The van der Waals surface area contributed by atoms with Gasteiger partial charge >= 0.3 is 0 Å². The van der Waals surface area contributed by atoms with Crippen molar-refractivity contribution >= 4 is 28.1 Å². The number of benzene rings is 3. The van der Waals surface area contributed by atoms with Gasteiger partial charge in [-0.15, -0.1) is 0 Å². The predicted molar refractivity (Wildman–Crippen MR) is 117 cm³/mol. The number of hydrogen-bond donors (Lipinski definition) is 1. The number of nitrogens with one attached hydrogen (secondary N) is 1. The Bertz CT molecular complexity index is 1540. The fraction of sp³-hybridized carbons (Fsp3) is 0.0417. The molecule has 5 aromatic rings. The Morgan fingerprint density at radius 3 is 2.47 bits per heavy atom. The Labute approximate surface area is 180 Å². The third kappa shape index (κ3) is 3.41. The first kappa shape index (κ1) is 19.6. The number of hydrogen-bond acceptors (Lipinski definition) is 3. The molecule has 158 valence electrons. The third-order valence-corrected chi connectivity index (χ3v) is 5.22. The highest BCUT2D eigenvalue weighted by Gasteiger charge is 2.15. The van der Waals surface area contributed by atoms with Crippen LogP contribution in [0.5, 0.6) is 0 Å². The van der Waals surface area contributed by atoms with Crippen molar-refractivity contribution in [3.8, 4) is 0 Å². The Morgan fingerprint density at radius 2 is 1.69 bits per heavy atom. The molecular formula is C24H16F2N4O2. The molecule has 0 saturated carbocycles. The van der Waals surface area contributed by atoms with Crippen molar-refractivity contribution in [3.63, 3.8) is 0 Å². The standard InChI is InChI=1S/C24H16F2N4O2/c25-18-8-7-17(13-19(18)26)28-23(31)16-6-9-20-22(12-16)29(14-15-4-2-1-3-5-15)24(32)21-10-11-27-30(20)21/h1-13H,14H2,(H,28,31). The highest BCUT2D eigenvalue weighted by molar-refractivity contribution is 6.06. The van der Waals surface area contributed by atoms with E-state index in [0.29, 0.717) is 23.1 Å². The topological polar surface area (TPSA) is 68.4 Å². The van der Waals surface area contributed by atoms with Crippen molar-refractivity contribution in [2.24, 2.45) is 0 Å². The van der Waals surface area contributed by atoms with Crippen LogP contribution in [0.2, 0.25) is 0 Å². The number of halogens is 2. The number of nitrogens with zero attached hydrogens (tertiary/aromatic N) is 3. The third-order valence-electron chi connectivity index (χ3n) is 5.22. The molecule has 32 heavy (non-hydrogen) atoms. The monoisotopic (exact) mass is 430 g/mol. The average molecular weight is 430 g/mol. The summed E-state index contributed by atoms with van der Waals surface area (Å²) < 4.78 is 29.8. The number of rotatable bonds is 4. The van der Waals surface area contributed by atoms with E-state index in [1.165, 1.54) is 10.6 Å². The highest BCUT2D eigenvalue weighted by Crippen LogP contribution is 2.20. The summed E-state index contributed by atoms with van der Waals surface area (Å²) >= 11 is 0. The van der Waals surface area contributed by atoms with Gasteiger partial charge in [-0.1, -0.05) is 30.3 Å². The minimum Gasteiger partial charge on any atom is -0.322 e. The Morgan fingerprint density at radius 1 is 0.875 bits per heavy atom. The highest BCUT2D eigenvalue weighted by atomic mass is 19.2. The summed E-state index contributed by atoms with van der Waals surface area (Å²) in [4.78, 5) is 26.0. The number of fused-ring (bicyclic) bond motifs is 3. The Balaban J connectivity index is 1.62. The van der Waals surface area contributed by atoms with Gasteiger partial charge < -0.3 is 9.88 Å². The minimum absolute atomic E-state index is 0.123. The molecule has 0 bridgehead atoms. The maximum Gasteiger partial charge on any atom is 0.277 e. The molecule has 0 aliphatic rings. The van der Waals surface area contributed by atoms with Crippen LogP contribution in [-0.2, 0) is 6.54 Å². The van der Waals surface area contributed by atoms with E-state index in [4.69, 9.17) is 0 Å². The van der Waals surface area contributed by atoms with Crippen LogP contribution in [0.3, 0.4) is 0 Å². The molecule has 0 fully saturated rings. The molecule has 3 aromatic carbocycles. The smallest absolute Gasteiger partial charge is 0.277 e. The first-order chi connectivity index (χ1) is 15.5. The maximum atomic E-state index is 13.5. The van der Waals surface area contributed by atoms with Gasteiger partial charge in [0.25, 0.3) is 11.5 Å². The fourth-order valence-corrected chi connectivity index (χ4v) is 3.67. The minimum atomic E-state index is -1.06. The van der Waals surface area contributed by atoms with Gasteiger partial charge in [0.15, 0.2) is 11.6 Å². The van der Waals surface area contributed by atoms with Gasteiger partial charge in [0.1, 0.15) is 5.52 Å². The SMILES string of the molecule is O=C(Nc1ccc(F)c(F)c1)c1ccc2c(c1)n(Cc1ccccc1)c(=O)c1ccnn12. The largest absolute Gasteiger partial charge is 0.322 e. The van der Waals surface area contributed by atoms with Gasteiger partial charge in [-0.2, -0.15) is 5.10 Å². The van der Waals surface area contributed by atoms with E-state index in [9.17, 15) is 18.4 Å². The zero-order valence-corrected chi connectivity index (χ0v) is 16.6. The normalized spacial score (nSPS) is 11.2. The number of carbonyl (C=O) groups is 1. The summed E-state index contributed by atoms with van der Waals surface area (Å²) in [5.41, 5.74) is 2.67. The molecule has 1 amide bonds. The predicted octanol–water partition coefficient (Wildman–Crippen LogP) is 4.23. The first-order valence-corrected chi connectivity index (χ1v) is 9.82. The molecule has 1 N–H and O–H groups in total. The lowest BCUT2D eigenvalue weighted by Gasteiger charge is -2.13. The van der Waals surface area contributed by atoms with Gasteiger partial charge in [0, 0.05) is 17.3 Å². The second-order valence-electron chi connectivity index (χ2n) is 7.29. The fourth-order valence-electron chi connectivity index (χ4n) is 3.67. The second kappa shape index (κ2) is 7.73. The van der Waals surface area contributed by atoms with Crippen molar-refractivity contribution in [3.05, 3.63) is 112 Å². The molecule has 0 aliphatic heterocycles. The van der Waals surface area contributed by atoms with Crippen molar-refractivity contribution in [1.82, 2.24) is 14.2 Å². The molecule has 0 spiro atoms. The van der Waals surface area contributed by atoms with E-state index in [1.807, 2.05) is 30.3 Å². The summed E-state index contributed by atoms with van der Waals surface area (Å²) in [5, 5.41) is 6.79. The second-order valence-corrected chi connectivity index (χ2v) is 7.29. The molecule has 2 aromatic heterocycles. The van der Waals surface area contributed by atoms with Crippen molar-refractivity contribution in [2.45, 2.75) is 6.54 Å². The van der Waals surface area contributed by atoms with Crippen LogP contribution in [0.25, 0.3) is 16.6 Å². The van der Waals surface area contributed by atoms with E-state index in [2.05, 4.69) is 10.4 Å². The van der Waals surface area contributed by atoms with Crippen LogP contribution < -0.4 is 10.9 Å². The van der Waals surface area contributed by atoms with Crippen LogP contribution in [0.4, 0.5) is 14.5 Å². The summed E-state index contributed by atoms with van der Waals surface area (Å²) in [5.74, 6) is -2.57. The molecule has 6 nitrogen and oxygen atoms in total. The van der Waals surface area contributed by atoms with E-state index < -0.39 is 17.5 Å². The summed E-state index contributed by atoms with van der Waals surface area (Å²) in [6.07, 6.45) is 1.55. The lowest BCUT2D eigenvalue weighted by molar-refractivity contribution is 0.102. The van der Waals surface area contributed by atoms with Crippen molar-refractivity contribution in [2.75, 3.05) is 5.32 Å². The molecular weight excluding hydrogens is 414 g/mol. The summed E-state index contributed by atoms with van der Waals surface area (Å²) in [6.45, 7) is 0.312. The van der Waals surface area contributed by atoms with Crippen molar-refractivity contribution < 1.29 is 13.6 Å². The summed E-state index contributed by atoms with van der Waals surface area (Å²) in [7, 11) is 0. The Kier molecular flexibility index (Phi) is 4.74. The lowest BCUT2D eigenvalue weighted by Crippen LogP contribution is -2.24. The summed E-state index contributed by atoms with van der Waals surface area (Å²) in [6, 6.07) is 19.2. The average Bonchev–Trinajstić information content (AvgIpc) is 3.30. The van der Waals surface area contributed by atoms with E-state index in [1.54, 1.807) is 35.0 Å². The number of aromatic nitrogens is 3. The van der Waals surface area contributed by atoms with Gasteiger partial charge in [-0.3, -0.25) is 9.59 Å². The molecule has 0 atom stereocenters. The van der Waals surface area contributed by atoms with Crippen LogP contribution in [0, 0.1) is 11.6 Å². The van der Waals surface area contributed by atoms with E-state index >= 15 is 0 Å². The number of carbonyl (C=O) groups excluding carboxylic acids is 1. The number of anilines is 1. The molecule has 0 unspecified atom stereocenters. The van der Waals surface area contributed by atoms with E-state index in [-0.39, 0.29) is 16.8 Å². The van der Waals surface area contributed by atoms with Crippen LogP contribution in [-0.4, -0.2) is 20.1 Å². The van der Waals surface area contributed by atoms with Gasteiger partial charge in [0.05, 0.1) is 23.8 Å². The van der Waals surface area contributed by atoms with E-state index in [0.717, 1.165) is 17.7 Å². The Hall–Kier alpha value is -4.33. The quantitative estimate of drug-likeness (QED) is 0.464. The molecule has 2 heterocycles. The zero-order chi connectivity index (χ0) is 22.2. The molecule has 8 heteroatoms. The van der Waals surface area contributed by atoms with Crippen molar-refractivity contribution in [1.29, 1.82) is 0 Å². The van der Waals surface area contributed by atoms with Crippen LogP contribution in [0.1, 0.15) is 15.9 Å².